The number of rotatable bonds is 4. The first kappa shape index (κ1) is 14.4. The van der Waals surface area contributed by atoms with Crippen LogP contribution in [-0.2, 0) is 0 Å². The Kier molecular flexibility index (Phi) is 3.83. The maximum Gasteiger partial charge on any atom is 0.274 e. The molecular weight excluding hydrogens is 298 g/mol. The number of nitrogens with one attached hydrogen (secondary N) is 3. The molecule has 0 saturated heterocycles. The van der Waals surface area contributed by atoms with Crippen molar-refractivity contribution in [3.63, 3.8) is 0 Å². The number of H-pyrrole nitrogens is 1. The Morgan fingerprint density at radius 2 is 2.00 bits per heavy atom. The molecule has 23 heavy (non-hydrogen) atoms. The van der Waals surface area contributed by atoms with E-state index in [4.69, 9.17) is 0 Å². The highest BCUT2D eigenvalue weighted by Crippen LogP contribution is 2.09. The second-order valence-corrected chi connectivity index (χ2v) is 4.68. The van der Waals surface area contributed by atoms with Crippen LogP contribution in [0.25, 0.3) is 5.69 Å². The minimum atomic E-state index is -0.374. The van der Waals surface area contributed by atoms with E-state index in [0.29, 0.717) is 5.56 Å². The van der Waals surface area contributed by atoms with Crippen LogP contribution in [0.3, 0.4) is 0 Å². The normalized spacial score (nSPS) is 10.3. The molecule has 0 fully saturated rings. The first-order valence-corrected chi connectivity index (χ1v) is 6.72. The van der Waals surface area contributed by atoms with Crippen molar-refractivity contribution in [3.8, 4) is 5.69 Å². The predicted octanol–water partition coefficient (Wildman–Crippen LogP) is 0.416. The van der Waals surface area contributed by atoms with E-state index in [-0.39, 0.29) is 23.1 Å². The van der Waals surface area contributed by atoms with Gasteiger partial charge >= 0.3 is 0 Å². The van der Waals surface area contributed by atoms with Crippen molar-refractivity contribution in [2.45, 2.75) is 6.92 Å². The van der Waals surface area contributed by atoms with Crippen LogP contribution in [0.15, 0.2) is 47.8 Å². The van der Waals surface area contributed by atoms with Crippen molar-refractivity contribution < 1.29 is 4.79 Å². The lowest BCUT2D eigenvalue weighted by atomic mass is 10.2. The van der Waals surface area contributed by atoms with Gasteiger partial charge < -0.3 is 4.57 Å². The molecule has 0 atom stereocenters. The summed E-state index contributed by atoms with van der Waals surface area (Å²) in [6.07, 6.45) is 5.15. The summed E-state index contributed by atoms with van der Waals surface area (Å²) >= 11 is 0. The van der Waals surface area contributed by atoms with Gasteiger partial charge in [-0.3, -0.25) is 25.4 Å². The average molecular weight is 311 g/mol. The van der Waals surface area contributed by atoms with Crippen LogP contribution in [0.2, 0.25) is 0 Å². The van der Waals surface area contributed by atoms with Gasteiger partial charge in [0.05, 0.1) is 6.33 Å². The number of imidazole rings is 1. The topological polar surface area (TPSA) is 118 Å². The van der Waals surface area contributed by atoms with E-state index in [1.165, 1.54) is 6.92 Å². The highest BCUT2D eigenvalue weighted by Gasteiger charge is 2.06. The van der Waals surface area contributed by atoms with Crippen LogP contribution in [0.1, 0.15) is 16.1 Å². The number of nitrogens with zero attached hydrogens (tertiary/aromatic N) is 4. The molecule has 116 valence electrons. The Labute approximate surface area is 130 Å². The fourth-order valence-electron chi connectivity index (χ4n) is 1.83. The molecule has 1 amide bonds. The van der Waals surface area contributed by atoms with Gasteiger partial charge in [0.2, 0.25) is 5.95 Å². The summed E-state index contributed by atoms with van der Waals surface area (Å²) in [5.41, 5.74) is 6.16. The van der Waals surface area contributed by atoms with E-state index in [1.807, 2.05) is 10.8 Å². The van der Waals surface area contributed by atoms with Crippen molar-refractivity contribution in [3.05, 3.63) is 64.6 Å². The molecule has 3 N–H and O–H groups in total. The molecule has 1 aromatic carbocycles. The molecule has 0 radical (unpaired) electrons. The Morgan fingerprint density at radius 3 is 2.65 bits per heavy atom. The smallest absolute Gasteiger partial charge is 0.274 e. The third kappa shape index (κ3) is 3.23. The van der Waals surface area contributed by atoms with Gasteiger partial charge in [0.25, 0.3) is 11.5 Å². The van der Waals surface area contributed by atoms with Crippen LogP contribution in [0.5, 0.6) is 0 Å². The van der Waals surface area contributed by atoms with Gasteiger partial charge in [0.15, 0.2) is 0 Å². The summed E-state index contributed by atoms with van der Waals surface area (Å²) in [5.74, 6) is -0.311. The Hall–Kier alpha value is -3.49. The average Bonchev–Trinajstić information content (AvgIpc) is 3.10. The molecule has 0 aliphatic carbocycles. The maximum atomic E-state index is 12.0. The lowest BCUT2D eigenvalue weighted by molar-refractivity contribution is 0.0962. The number of amides is 1. The molecule has 9 heteroatoms. The Bertz CT molecular complexity index is 869. The number of hydrogen-bond acceptors (Lipinski definition) is 6. The Balaban J connectivity index is 1.66. The zero-order valence-corrected chi connectivity index (χ0v) is 12.1. The standard InChI is InChI=1S/C14H13N7O2/c1-9-12(22)16-14(19-17-9)20-18-13(23)10-2-4-11(5-3-10)21-7-6-15-8-21/h2-8H,1H3,(H,18,23)(H2,16,19,20,22). The first-order valence-electron chi connectivity index (χ1n) is 6.72. The van der Waals surface area contributed by atoms with Gasteiger partial charge in [-0.2, -0.15) is 0 Å². The fraction of sp³-hybridized carbons (Fsp3) is 0.0714. The zero-order valence-electron chi connectivity index (χ0n) is 12.1. The number of aromatic nitrogens is 5. The largest absolute Gasteiger partial charge is 0.306 e. The fourth-order valence-corrected chi connectivity index (χ4v) is 1.83. The molecule has 0 unspecified atom stereocenters. The minimum absolute atomic E-state index is 0.0592. The monoisotopic (exact) mass is 311 g/mol. The molecule has 0 aliphatic heterocycles. The SMILES string of the molecule is Cc1nnc(NNC(=O)c2ccc(-n3ccnc3)cc2)[nH]c1=O. The van der Waals surface area contributed by atoms with E-state index in [2.05, 4.69) is 31.0 Å². The summed E-state index contributed by atoms with van der Waals surface area (Å²) in [4.78, 5) is 29.8. The molecule has 2 heterocycles. The van der Waals surface area contributed by atoms with Crippen molar-refractivity contribution in [2.24, 2.45) is 0 Å². The zero-order chi connectivity index (χ0) is 16.2. The molecule has 0 aliphatic rings. The van der Waals surface area contributed by atoms with E-state index in [1.54, 1.807) is 36.8 Å². The van der Waals surface area contributed by atoms with E-state index in [0.717, 1.165) is 5.69 Å². The lowest BCUT2D eigenvalue weighted by Crippen LogP contribution is -2.31. The van der Waals surface area contributed by atoms with Crippen LogP contribution >= 0.6 is 0 Å². The highest BCUT2D eigenvalue weighted by molar-refractivity contribution is 5.94. The summed E-state index contributed by atoms with van der Waals surface area (Å²) in [6, 6.07) is 6.94. The molecule has 9 nitrogen and oxygen atoms in total. The maximum absolute atomic E-state index is 12.0. The molecule has 2 aromatic heterocycles. The summed E-state index contributed by atoms with van der Waals surface area (Å²) < 4.78 is 1.83. The van der Waals surface area contributed by atoms with Crippen LogP contribution in [0, 0.1) is 6.92 Å². The molecule has 0 saturated carbocycles. The van der Waals surface area contributed by atoms with Gasteiger partial charge in [-0.1, -0.05) is 0 Å². The second-order valence-electron chi connectivity index (χ2n) is 4.68. The van der Waals surface area contributed by atoms with Crippen LogP contribution in [0.4, 0.5) is 5.95 Å². The number of carbonyl (C=O) groups is 1. The summed E-state index contributed by atoms with van der Waals surface area (Å²) in [7, 11) is 0. The van der Waals surface area contributed by atoms with Gasteiger partial charge in [-0.15, -0.1) is 10.2 Å². The van der Waals surface area contributed by atoms with Gasteiger partial charge in [-0.25, -0.2) is 4.98 Å². The van der Waals surface area contributed by atoms with Crippen LogP contribution in [-0.4, -0.2) is 30.6 Å². The number of hydrogen-bond donors (Lipinski definition) is 3. The van der Waals surface area contributed by atoms with Gasteiger partial charge in [0.1, 0.15) is 5.69 Å². The number of aromatic amines is 1. The van der Waals surface area contributed by atoms with Gasteiger partial charge in [0, 0.05) is 23.6 Å². The quantitative estimate of drug-likeness (QED) is 0.601. The number of anilines is 1. The van der Waals surface area contributed by atoms with Crippen molar-refractivity contribution in [1.82, 2.24) is 30.2 Å². The first-order chi connectivity index (χ1) is 11.1. The molecular formula is C14H13N7O2. The van der Waals surface area contributed by atoms with Gasteiger partial charge in [-0.05, 0) is 31.2 Å². The number of benzene rings is 1. The van der Waals surface area contributed by atoms with Crippen molar-refractivity contribution in [1.29, 1.82) is 0 Å². The third-order valence-corrected chi connectivity index (χ3v) is 3.09. The minimum Gasteiger partial charge on any atom is -0.306 e. The molecule has 0 spiro atoms. The molecule has 0 bridgehead atoms. The van der Waals surface area contributed by atoms with E-state index in [9.17, 15) is 9.59 Å². The number of hydrazine groups is 1. The second kappa shape index (κ2) is 6.10. The highest BCUT2D eigenvalue weighted by atomic mass is 16.2. The number of carbonyl (C=O) groups excluding carboxylic acids is 1. The number of aryl methyl sites for hydroxylation is 1. The summed E-state index contributed by atoms with van der Waals surface area (Å²) in [5, 5.41) is 7.36. The Morgan fingerprint density at radius 1 is 1.22 bits per heavy atom. The lowest BCUT2D eigenvalue weighted by Gasteiger charge is -2.08. The van der Waals surface area contributed by atoms with E-state index < -0.39 is 0 Å². The van der Waals surface area contributed by atoms with Crippen LogP contribution < -0.4 is 16.4 Å². The molecule has 3 rings (SSSR count). The van der Waals surface area contributed by atoms with Crippen molar-refractivity contribution in [2.75, 3.05) is 5.43 Å². The third-order valence-electron chi connectivity index (χ3n) is 3.09. The van der Waals surface area contributed by atoms with E-state index >= 15 is 0 Å². The van der Waals surface area contributed by atoms with Crippen molar-refractivity contribution >= 4 is 11.9 Å². The summed E-state index contributed by atoms with van der Waals surface area (Å²) in [6.45, 7) is 1.54. The molecule has 3 aromatic rings. The predicted molar refractivity (Wildman–Crippen MR) is 82.0 cm³/mol.